The van der Waals surface area contributed by atoms with Crippen molar-refractivity contribution < 1.29 is 14.6 Å². The molecule has 0 saturated heterocycles. The molecule has 0 spiro atoms. The number of nitrogens with one attached hydrogen (secondary N) is 3. The largest absolute Gasteiger partial charge is 0.497 e. The van der Waals surface area contributed by atoms with Crippen molar-refractivity contribution in [2.24, 2.45) is 4.99 Å². The van der Waals surface area contributed by atoms with Gasteiger partial charge in [0.05, 0.1) is 11.4 Å². The van der Waals surface area contributed by atoms with Gasteiger partial charge in [-0.15, -0.1) is 11.3 Å². The Hall–Kier alpha value is -2.29. The number of methoxy groups -OCH3 is 1. The number of aliphatic hydroxyl groups excluding tert-OH is 1. The third-order valence-electron chi connectivity index (χ3n) is 3.76. The molecule has 1 unspecified atom stereocenters. The summed E-state index contributed by atoms with van der Waals surface area (Å²) in [5, 5.41) is 19.1. The number of hydrogen-bond acceptors (Lipinski definition) is 5. The van der Waals surface area contributed by atoms with Crippen LogP contribution in [0.25, 0.3) is 0 Å². The number of nitrogens with zero attached hydrogens (tertiary/aromatic N) is 1. The number of benzene rings is 1. The molecule has 1 aromatic heterocycles. The monoisotopic (exact) mass is 424 g/mol. The lowest BCUT2D eigenvalue weighted by atomic mass is 10.2. The van der Waals surface area contributed by atoms with E-state index in [-0.39, 0.29) is 19.0 Å². The van der Waals surface area contributed by atoms with Crippen LogP contribution in [0.2, 0.25) is 4.34 Å². The Kier molecular flexibility index (Phi) is 9.06. The van der Waals surface area contributed by atoms with Crippen LogP contribution in [-0.2, 0) is 11.3 Å². The number of halogens is 1. The van der Waals surface area contributed by atoms with E-state index >= 15 is 0 Å². The molecule has 1 heterocycles. The van der Waals surface area contributed by atoms with Gasteiger partial charge in [-0.3, -0.25) is 4.79 Å². The second-order valence-corrected chi connectivity index (χ2v) is 7.61. The molecule has 0 radical (unpaired) electrons. The summed E-state index contributed by atoms with van der Waals surface area (Å²) in [5.74, 6) is 1.04. The smallest absolute Gasteiger partial charge is 0.242 e. The van der Waals surface area contributed by atoms with Crippen molar-refractivity contribution in [3.05, 3.63) is 51.2 Å². The van der Waals surface area contributed by atoms with Crippen molar-refractivity contribution in [1.29, 1.82) is 0 Å². The molecule has 0 aliphatic rings. The van der Waals surface area contributed by atoms with Gasteiger partial charge in [0, 0.05) is 24.5 Å². The number of rotatable bonds is 9. The van der Waals surface area contributed by atoms with Crippen molar-refractivity contribution in [3.63, 3.8) is 0 Å². The lowest BCUT2D eigenvalue weighted by Crippen LogP contribution is -2.40. The van der Waals surface area contributed by atoms with Gasteiger partial charge in [-0.2, -0.15) is 0 Å². The first-order valence-corrected chi connectivity index (χ1v) is 10.1. The number of thiophene rings is 1. The molecule has 28 heavy (non-hydrogen) atoms. The van der Waals surface area contributed by atoms with Crippen LogP contribution in [0.4, 0.5) is 0 Å². The standard InChI is InChI=1S/C19H25ClN4O3S/c1-3-21-19(23-11-15(25)16-8-9-17(20)28-16)24-12-18(26)22-10-13-4-6-14(27-2)7-5-13/h4-9,15,25H,3,10-12H2,1-2H3,(H,22,26)(H2,21,23,24). The first-order chi connectivity index (χ1) is 13.5. The van der Waals surface area contributed by atoms with Gasteiger partial charge in [0.15, 0.2) is 5.96 Å². The second-order valence-electron chi connectivity index (χ2n) is 5.86. The Morgan fingerprint density at radius 3 is 2.57 bits per heavy atom. The Bertz CT molecular complexity index is 780. The molecule has 0 aliphatic carbocycles. The number of guanidine groups is 1. The third kappa shape index (κ3) is 7.38. The van der Waals surface area contributed by atoms with E-state index in [4.69, 9.17) is 16.3 Å². The number of aliphatic hydroxyl groups is 1. The highest BCUT2D eigenvalue weighted by Crippen LogP contribution is 2.26. The normalized spacial score (nSPS) is 12.4. The summed E-state index contributed by atoms with van der Waals surface area (Å²) in [6.07, 6.45) is -0.703. The predicted octanol–water partition coefficient (Wildman–Crippen LogP) is 2.32. The SMILES string of the molecule is CCNC(=NCC(=O)NCc1ccc(OC)cc1)NCC(O)c1ccc(Cl)s1. The number of hydrogen-bond donors (Lipinski definition) is 4. The van der Waals surface area contributed by atoms with Gasteiger partial charge in [0.25, 0.3) is 0 Å². The van der Waals surface area contributed by atoms with Gasteiger partial charge in [0.1, 0.15) is 18.4 Å². The molecule has 2 aromatic rings. The minimum atomic E-state index is -0.703. The van der Waals surface area contributed by atoms with Gasteiger partial charge in [-0.25, -0.2) is 4.99 Å². The Balaban J connectivity index is 1.80. The molecule has 0 saturated carbocycles. The van der Waals surface area contributed by atoms with Crippen LogP contribution in [0.3, 0.4) is 0 Å². The zero-order chi connectivity index (χ0) is 20.4. The quantitative estimate of drug-likeness (QED) is 0.366. The molecule has 4 N–H and O–H groups in total. The van der Waals surface area contributed by atoms with Gasteiger partial charge >= 0.3 is 0 Å². The topological polar surface area (TPSA) is 95.0 Å². The van der Waals surface area contributed by atoms with E-state index in [2.05, 4.69) is 20.9 Å². The second kappa shape index (κ2) is 11.5. The van der Waals surface area contributed by atoms with E-state index in [1.165, 1.54) is 11.3 Å². The fourth-order valence-corrected chi connectivity index (χ4v) is 3.34. The van der Waals surface area contributed by atoms with E-state index < -0.39 is 6.10 Å². The van der Waals surface area contributed by atoms with Gasteiger partial charge in [0.2, 0.25) is 5.91 Å². The van der Waals surface area contributed by atoms with Crippen LogP contribution in [-0.4, -0.2) is 43.7 Å². The van der Waals surface area contributed by atoms with Crippen LogP contribution in [0.1, 0.15) is 23.5 Å². The van der Waals surface area contributed by atoms with Gasteiger partial charge in [-0.05, 0) is 36.8 Å². The van der Waals surface area contributed by atoms with Crippen molar-refractivity contribution in [1.82, 2.24) is 16.0 Å². The van der Waals surface area contributed by atoms with Crippen LogP contribution in [0, 0.1) is 0 Å². The van der Waals surface area contributed by atoms with E-state index in [1.54, 1.807) is 19.2 Å². The lowest BCUT2D eigenvalue weighted by Gasteiger charge is -2.14. The zero-order valence-electron chi connectivity index (χ0n) is 15.9. The fourth-order valence-electron chi connectivity index (χ4n) is 2.29. The third-order valence-corrected chi connectivity index (χ3v) is 5.09. The van der Waals surface area contributed by atoms with Crippen LogP contribution in [0.5, 0.6) is 5.75 Å². The highest BCUT2D eigenvalue weighted by atomic mass is 35.5. The van der Waals surface area contributed by atoms with E-state index in [0.29, 0.717) is 23.4 Å². The summed E-state index contributed by atoms with van der Waals surface area (Å²) in [6, 6.07) is 11.0. The molecule has 152 valence electrons. The maximum atomic E-state index is 12.0. The summed E-state index contributed by atoms with van der Waals surface area (Å²) in [5.41, 5.74) is 0.973. The summed E-state index contributed by atoms with van der Waals surface area (Å²) in [6.45, 7) is 3.22. The Labute approximate surface area is 173 Å². The Morgan fingerprint density at radius 2 is 1.96 bits per heavy atom. The van der Waals surface area contributed by atoms with Gasteiger partial charge in [-0.1, -0.05) is 23.7 Å². The Morgan fingerprint density at radius 1 is 1.21 bits per heavy atom. The molecule has 1 atom stereocenters. The number of aliphatic imine (C=N–C) groups is 1. The average Bonchev–Trinajstić information content (AvgIpc) is 3.15. The van der Waals surface area contributed by atoms with Crippen molar-refractivity contribution in [3.8, 4) is 5.75 Å². The summed E-state index contributed by atoms with van der Waals surface area (Å²) in [4.78, 5) is 17.1. The first kappa shape index (κ1) is 22.0. The molecular weight excluding hydrogens is 400 g/mol. The van der Waals surface area contributed by atoms with Crippen molar-refractivity contribution >= 4 is 34.8 Å². The van der Waals surface area contributed by atoms with E-state index in [0.717, 1.165) is 16.2 Å². The first-order valence-electron chi connectivity index (χ1n) is 8.87. The minimum Gasteiger partial charge on any atom is -0.497 e. The summed E-state index contributed by atoms with van der Waals surface area (Å²) in [7, 11) is 1.61. The zero-order valence-corrected chi connectivity index (χ0v) is 17.4. The number of amides is 1. The fraction of sp³-hybridized carbons (Fsp3) is 0.368. The molecule has 2 rings (SSSR count). The molecule has 9 heteroatoms. The van der Waals surface area contributed by atoms with Crippen molar-refractivity contribution in [2.45, 2.75) is 19.6 Å². The molecular formula is C19H25ClN4O3S. The van der Waals surface area contributed by atoms with Gasteiger partial charge < -0.3 is 25.8 Å². The average molecular weight is 425 g/mol. The highest BCUT2D eigenvalue weighted by molar-refractivity contribution is 7.16. The summed E-state index contributed by atoms with van der Waals surface area (Å²) < 4.78 is 5.74. The maximum Gasteiger partial charge on any atom is 0.242 e. The van der Waals surface area contributed by atoms with Crippen LogP contribution in [0.15, 0.2) is 41.4 Å². The van der Waals surface area contributed by atoms with E-state index in [9.17, 15) is 9.90 Å². The van der Waals surface area contributed by atoms with Crippen molar-refractivity contribution in [2.75, 3.05) is 26.7 Å². The van der Waals surface area contributed by atoms with E-state index in [1.807, 2.05) is 31.2 Å². The molecule has 0 bridgehead atoms. The minimum absolute atomic E-state index is 0.0214. The maximum absolute atomic E-state index is 12.0. The number of carbonyl (C=O) groups is 1. The lowest BCUT2D eigenvalue weighted by molar-refractivity contribution is -0.119. The molecule has 0 aliphatic heterocycles. The molecule has 1 amide bonds. The van der Waals surface area contributed by atoms with Crippen LogP contribution < -0.4 is 20.7 Å². The number of carbonyl (C=O) groups excluding carboxylic acids is 1. The molecule has 1 aromatic carbocycles. The van der Waals surface area contributed by atoms with Crippen LogP contribution >= 0.6 is 22.9 Å². The molecule has 7 nitrogen and oxygen atoms in total. The summed E-state index contributed by atoms with van der Waals surface area (Å²) >= 11 is 7.22. The molecule has 0 fully saturated rings. The predicted molar refractivity (Wildman–Crippen MR) is 113 cm³/mol. The highest BCUT2D eigenvalue weighted by Gasteiger charge is 2.11. The number of ether oxygens (including phenoxy) is 1.